The number of hydrogen-bond donors (Lipinski definition) is 1. The third-order valence-corrected chi connectivity index (χ3v) is 5.99. The summed E-state index contributed by atoms with van der Waals surface area (Å²) in [5.41, 5.74) is 2.83. The Hall–Kier alpha value is -2.19. The standard InChI is InChI=1S/C20H23ClFN5OS/c1-5-11(2)23-18(28)10-29-20-25-19-24-12(3)14(13(4)27(19)26-20)9-15-16(21)7-6-8-17(15)22/h6-8,11H,5,9-10H2,1-4H3,(H,23,28). The highest BCUT2D eigenvalue weighted by molar-refractivity contribution is 7.99. The van der Waals surface area contributed by atoms with Crippen molar-refractivity contribution in [2.75, 3.05) is 5.75 Å². The maximum absolute atomic E-state index is 14.2. The maximum atomic E-state index is 14.2. The van der Waals surface area contributed by atoms with E-state index < -0.39 is 0 Å². The molecule has 0 aliphatic rings. The Balaban J connectivity index is 1.85. The Morgan fingerprint density at radius 1 is 1.31 bits per heavy atom. The van der Waals surface area contributed by atoms with Gasteiger partial charge in [0.25, 0.3) is 5.78 Å². The van der Waals surface area contributed by atoms with Gasteiger partial charge in [-0.05, 0) is 44.9 Å². The Labute approximate surface area is 178 Å². The number of thioether (sulfide) groups is 1. The van der Waals surface area contributed by atoms with Gasteiger partial charge < -0.3 is 5.32 Å². The van der Waals surface area contributed by atoms with Gasteiger partial charge in [-0.3, -0.25) is 4.79 Å². The number of hydrogen-bond acceptors (Lipinski definition) is 5. The number of benzene rings is 1. The van der Waals surface area contributed by atoms with Crippen molar-refractivity contribution in [2.24, 2.45) is 0 Å². The van der Waals surface area contributed by atoms with Gasteiger partial charge in [0.15, 0.2) is 0 Å². The molecule has 1 N–H and O–H groups in total. The Bertz CT molecular complexity index is 1030. The summed E-state index contributed by atoms with van der Waals surface area (Å²) in [5, 5.41) is 8.24. The van der Waals surface area contributed by atoms with Crippen LogP contribution in [0.2, 0.25) is 5.02 Å². The lowest BCUT2D eigenvalue weighted by Crippen LogP contribution is -2.33. The molecule has 2 aromatic heterocycles. The van der Waals surface area contributed by atoms with E-state index in [0.717, 1.165) is 23.4 Å². The third kappa shape index (κ3) is 4.87. The van der Waals surface area contributed by atoms with Crippen molar-refractivity contribution in [3.05, 3.63) is 51.6 Å². The molecule has 2 heterocycles. The van der Waals surface area contributed by atoms with Gasteiger partial charge in [-0.2, -0.15) is 4.98 Å². The van der Waals surface area contributed by atoms with E-state index in [1.165, 1.54) is 17.8 Å². The molecular formula is C20H23ClFN5OS. The molecule has 0 aliphatic heterocycles. The van der Waals surface area contributed by atoms with Crippen LogP contribution in [0.15, 0.2) is 23.4 Å². The minimum Gasteiger partial charge on any atom is -0.353 e. The van der Waals surface area contributed by atoms with Gasteiger partial charge >= 0.3 is 0 Å². The second-order valence-electron chi connectivity index (χ2n) is 6.91. The van der Waals surface area contributed by atoms with Gasteiger partial charge in [-0.15, -0.1) is 5.10 Å². The molecule has 0 saturated heterocycles. The molecule has 0 spiro atoms. The zero-order chi connectivity index (χ0) is 21.1. The summed E-state index contributed by atoms with van der Waals surface area (Å²) < 4.78 is 15.9. The van der Waals surface area contributed by atoms with Gasteiger partial charge in [0.05, 0.1) is 5.75 Å². The van der Waals surface area contributed by atoms with Crippen molar-refractivity contribution in [3.8, 4) is 0 Å². The van der Waals surface area contributed by atoms with Crippen molar-refractivity contribution < 1.29 is 9.18 Å². The van der Waals surface area contributed by atoms with Crippen LogP contribution in [0.5, 0.6) is 0 Å². The van der Waals surface area contributed by atoms with Crippen LogP contribution in [0.25, 0.3) is 5.78 Å². The molecule has 29 heavy (non-hydrogen) atoms. The molecule has 154 valence electrons. The summed E-state index contributed by atoms with van der Waals surface area (Å²) in [6, 6.07) is 4.79. The van der Waals surface area contributed by atoms with E-state index in [-0.39, 0.29) is 23.5 Å². The highest BCUT2D eigenvalue weighted by atomic mass is 35.5. The topological polar surface area (TPSA) is 72.2 Å². The van der Waals surface area contributed by atoms with Gasteiger partial charge in [0.2, 0.25) is 11.1 Å². The average Bonchev–Trinajstić information content (AvgIpc) is 3.08. The lowest BCUT2D eigenvalue weighted by atomic mass is 10.0. The fraction of sp³-hybridized carbons (Fsp3) is 0.400. The van der Waals surface area contributed by atoms with Crippen molar-refractivity contribution in [1.82, 2.24) is 24.9 Å². The quantitative estimate of drug-likeness (QED) is 0.565. The van der Waals surface area contributed by atoms with Gasteiger partial charge in [-0.25, -0.2) is 13.9 Å². The van der Waals surface area contributed by atoms with Gasteiger partial charge in [0, 0.05) is 34.4 Å². The van der Waals surface area contributed by atoms with Crippen molar-refractivity contribution in [1.29, 1.82) is 0 Å². The van der Waals surface area contributed by atoms with Gasteiger partial charge in [0.1, 0.15) is 5.82 Å². The molecule has 9 heteroatoms. The summed E-state index contributed by atoms with van der Waals surface area (Å²) >= 11 is 7.45. The lowest BCUT2D eigenvalue weighted by molar-refractivity contribution is -0.119. The number of carbonyl (C=O) groups is 1. The number of aryl methyl sites for hydroxylation is 2. The van der Waals surface area contributed by atoms with E-state index >= 15 is 0 Å². The van der Waals surface area contributed by atoms with E-state index in [0.29, 0.717) is 27.9 Å². The average molecular weight is 436 g/mol. The normalized spacial score (nSPS) is 12.3. The Morgan fingerprint density at radius 2 is 2.07 bits per heavy atom. The van der Waals surface area contributed by atoms with E-state index in [4.69, 9.17) is 11.6 Å². The molecule has 6 nitrogen and oxygen atoms in total. The molecule has 0 saturated carbocycles. The first kappa shape index (κ1) is 21.5. The second kappa shape index (κ2) is 9.09. The maximum Gasteiger partial charge on any atom is 0.253 e. The highest BCUT2D eigenvalue weighted by Gasteiger charge is 2.17. The van der Waals surface area contributed by atoms with Crippen LogP contribution >= 0.6 is 23.4 Å². The van der Waals surface area contributed by atoms with Crippen LogP contribution in [-0.2, 0) is 11.2 Å². The zero-order valence-corrected chi connectivity index (χ0v) is 18.4. The van der Waals surface area contributed by atoms with Crippen LogP contribution in [0.1, 0.15) is 42.8 Å². The van der Waals surface area contributed by atoms with Crippen LogP contribution in [0.4, 0.5) is 4.39 Å². The molecule has 1 unspecified atom stereocenters. The summed E-state index contributed by atoms with van der Waals surface area (Å²) in [6.07, 6.45) is 1.19. The summed E-state index contributed by atoms with van der Waals surface area (Å²) in [6.45, 7) is 7.73. The lowest BCUT2D eigenvalue weighted by Gasteiger charge is -2.12. The summed E-state index contributed by atoms with van der Waals surface area (Å²) in [7, 11) is 0. The molecule has 3 aromatic rings. The number of amides is 1. The minimum atomic E-state index is -0.349. The highest BCUT2D eigenvalue weighted by Crippen LogP contribution is 2.26. The molecular weight excluding hydrogens is 413 g/mol. The number of carbonyl (C=O) groups excluding carboxylic acids is 1. The fourth-order valence-electron chi connectivity index (χ4n) is 2.93. The Kier molecular flexibility index (Phi) is 6.74. The second-order valence-corrected chi connectivity index (χ2v) is 8.26. The predicted molar refractivity (Wildman–Crippen MR) is 113 cm³/mol. The summed E-state index contributed by atoms with van der Waals surface area (Å²) in [5.74, 6) is 0.280. The number of rotatable bonds is 7. The first-order chi connectivity index (χ1) is 13.8. The van der Waals surface area contributed by atoms with E-state index in [1.54, 1.807) is 16.6 Å². The predicted octanol–water partition coefficient (Wildman–Crippen LogP) is 4.13. The summed E-state index contributed by atoms with van der Waals surface area (Å²) in [4.78, 5) is 20.9. The van der Waals surface area contributed by atoms with E-state index in [9.17, 15) is 9.18 Å². The first-order valence-electron chi connectivity index (χ1n) is 9.38. The van der Waals surface area contributed by atoms with Crippen LogP contribution in [-0.4, -0.2) is 37.3 Å². The monoisotopic (exact) mass is 435 g/mol. The molecule has 0 bridgehead atoms. The molecule has 0 radical (unpaired) electrons. The third-order valence-electron chi connectivity index (χ3n) is 4.80. The van der Waals surface area contributed by atoms with E-state index in [2.05, 4.69) is 20.4 Å². The Morgan fingerprint density at radius 3 is 2.76 bits per heavy atom. The van der Waals surface area contributed by atoms with E-state index in [1.807, 2.05) is 27.7 Å². The first-order valence-corrected chi connectivity index (χ1v) is 10.7. The molecule has 1 amide bonds. The van der Waals surface area contributed by atoms with Crippen molar-refractivity contribution in [2.45, 2.75) is 51.7 Å². The molecule has 0 aliphatic carbocycles. The van der Waals surface area contributed by atoms with Crippen LogP contribution in [0.3, 0.4) is 0 Å². The molecule has 1 aromatic carbocycles. The number of halogens is 2. The SMILES string of the molecule is CCC(C)NC(=O)CSc1nc2nc(C)c(Cc3c(F)cccc3Cl)c(C)n2n1. The van der Waals surface area contributed by atoms with Crippen molar-refractivity contribution in [3.63, 3.8) is 0 Å². The number of nitrogens with one attached hydrogen (secondary N) is 1. The number of nitrogens with zero attached hydrogens (tertiary/aromatic N) is 4. The largest absolute Gasteiger partial charge is 0.353 e. The fourth-order valence-corrected chi connectivity index (χ4v) is 3.79. The number of aromatic nitrogens is 4. The minimum absolute atomic E-state index is 0.0565. The van der Waals surface area contributed by atoms with Crippen LogP contribution in [0, 0.1) is 19.7 Å². The van der Waals surface area contributed by atoms with Crippen LogP contribution < -0.4 is 5.32 Å². The molecule has 3 rings (SSSR count). The van der Waals surface area contributed by atoms with Gasteiger partial charge in [-0.1, -0.05) is 36.4 Å². The number of fused-ring (bicyclic) bond motifs is 1. The molecule has 0 fully saturated rings. The smallest absolute Gasteiger partial charge is 0.253 e. The zero-order valence-electron chi connectivity index (χ0n) is 16.8. The van der Waals surface area contributed by atoms with Crippen molar-refractivity contribution >= 4 is 35.0 Å². The molecule has 1 atom stereocenters.